The highest BCUT2D eigenvalue weighted by atomic mass is 32.1. The number of fused-ring (bicyclic) bond motifs is 1. The molecule has 0 spiro atoms. The number of benzene rings is 1. The fraction of sp³-hybridized carbons (Fsp3) is 0.478. The Labute approximate surface area is 186 Å². The molecule has 0 atom stereocenters. The highest BCUT2D eigenvalue weighted by Crippen LogP contribution is 2.37. The molecule has 8 heteroatoms. The number of thiophene rings is 1. The van der Waals surface area contributed by atoms with Gasteiger partial charge in [0.25, 0.3) is 0 Å². The lowest BCUT2D eigenvalue weighted by Crippen LogP contribution is -2.36. The zero-order chi connectivity index (χ0) is 21.1. The Kier molecular flexibility index (Phi) is 6.15. The van der Waals surface area contributed by atoms with Gasteiger partial charge in [0, 0.05) is 37.0 Å². The molecule has 1 aromatic carbocycles. The molecule has 164 valence electrons. The third-order valence-corrected chi connectivity index (χ3v) is 6.68. The van der Waals surface area contributed by atoms with Crippen LogP contribution < -0.4 is 5.32 Å². The number of morpholine rings is 1. The number of hydrogen-bond donors (Lipinski definition) is 1. The van der Waals surface area contributed by atoms with Crippen LogP contribution in [0.4, 0.5) is 5.82 Å². The molecule has 0 radical (unpaired) electrons. The van der Waals surface area contributed by atoms with Crippen LogP contribution in [-0.2, 0) is 20.8 Å². The summed E-state index contributed by atoms with van der Waals surface area (Å²) in [6, 6.07) is 10.4. The van der Waals surface area contributed by atoms with Crippen LogP contribution in [-0.4, -0.2) is 66.7 Å². The second kappa shape index (κ2) is 9.18. The molecule has 0 amide bonds. The van der Waals surface area contributed by atoms with Crippen molar-refractivity contribution in [2.75, 3.05) is 51.4 Å². The van der Waals surface area contributed by atoms with Crippen LogP contribution in [0, 0.1) is 0 Å². The molecule has 0 saturated carbocycles. The van der Waals surface area contributed by atoms with E-state index in [4.69, 9.17) is 24.2 Å². The SMILES string of the molecule is CC1(CCNc2nc(CN3CCOCC3)nc3scc(-c4ccccc4)c23)OCCO1. The quantitative estimate of drug-likeness (QED) is 0.600. The van der Waals surface area contributed by atoms with Gasteiger partial charge in [0.05, 0.1) is 38.4 Å². The Balaban J connectivity index is 1.45. The van der Waals surface area contributed by atoms with Crippen LogP contribution in [0.25, 0.3) is 21.3 Å². The van der Waals surface area contributed by atoms with E-state index in [9.17, 15) is 0 Å². The first-order chi connectivity index (χ1) is 15.2. The summed E-state index contributed by atoms with van der Waals surface area (Å²) in [6.07, 6.45) is 0.752. The van der Waals surface area contributed by atoms with Gasteiger partial charge >= 0.3 is 0 Å². The van der Waals surface area contributed by atoms with Crippen molar-refractivity contribution in [2.45, 2.75) is 25.7 Å². The summed E-state index contributed by atoms with van der Waals surface area (Å²) in [7, 11) is 0. The maximum atomic E-state index is 5.76. The number of rotatable bonds is 7. The van der Waals surface area contributed by atoms with E-state index in [2.05, 4.69) is 39.9 Å². The molecule has 2 fully saturated rings. The lowest BCUT2D eigenvalue weighted by atomic mass is 10.1. The second-order valence-electron chi connectivity index (χ2n) is 8.08. The van der Waals surface area contributed by atoms with Crippen molar-refractivity contribution in [3.05, 3.63) is 41.5 Å². The van der Waals surface area contributed by atoms with E-state index < -0.39 is 5.79 Å². The smallest absolute Gasteiger partial charge is 0.167 e. The van der Waals surface area contributed by atoms with Crippen molar-refractivity contribution in [1.29, 1.82) is 0 Å². The summed E-state index contributed by atoms with van der Waals surface area (Å²) in [6.45, 7) is 8.11. The highest BCUT2D eigenvalue weighted by Gasteiger charge is 2.30. The largest absolute Gasteiger partial charge is 0.379 e. The van der Waals surface area contributed by atoms with Crippen LogP contribution >= 0.6 is 11.3 Å². The van der Waals surface area contributed by atoms with Gasteiger partial charge in [0.15, 0.2) is 5.79 Å². The average Bonchev–Trinajstić information content (AvgIpc) is 3.42. The van der Waals surface area contributed by atoms with E-state index in [-0.39, 0.29) is 0 Å². The Morgan fingerprint density at radius 1 is 1.06 bits per heavy atom. The van der Waals surface area contributed by atoms with Crippen LogP contribution in [0.5, 0.6) is 0 Å². The molecule has 2 saturated heterocycles. The van der Waals surface area contributed by atoms with Crippen LogP contribution in [0.15, 0.2) is 35.7 Å². The normalized spacial score (nSPS) is 19.1. The summed E-state index contributed by atoms with van der Waals surface area (Å²) in [5.74, 6) is 1.21. The number of aromatic nitrogens is 2. The van der Waals surface area contributed by atoms with Gasteiger partial charge in [0.1, 0.15) is 16.5 Å². The molecule has 5 rings (SSSR count). The molecule has 31 heavy (non-hydrogen) atoms. The third-order valence-electron chi connectivity index (χ3n) is 5.80. The molecule has 0 bridgehead atoms. The lowest BCUT2D eigenvalue weighted by molar-refractivity contribution is -0.144. The molecule has 3 aromatic rings. The van der Waals surface area contributed by atoms with Crippen molar-refractivity contribution in [3.63, 3.8) is 0 Å². The van der Waals surface area contributed by atoms with Crippen molar-refractivity contribution in [1.82, 2.24) is 14.9 Å². The molecule has 7 nitrogen and oxygen atoms in total. The predicted molar refractivity (Wildman–Crippen MR) is 122 cm³/mol. The van der Waals surface area contributed by atoms with Crippen molar-refractivity contribution in [2.24, 2.45) is 0 Å². The van der Waals surface area contributed by atoms with Gasteiger partial charge in [-0.05, 0) is 12.5 Å². The first kappa shape index (κ1) is 20.8. The Hall–Kier alpha value is -2.10. The Morgan fingerprint density at radius 2 is 1.84 bits per heavy atom. The van der Waals surface area contributed by atoms with Crippen LogP contribution in [0.1, 0.15) is 19.2 Å². The topological polar surface area (TPSA) is 68.7 Å². The van der Waals surface area contributed by atoms with E-state index in [1.807, 2.05) is 13.0 Å². The number of nitrogens with zero attached hydrogens (tertiary/aromatic N) is 3. The van der Waals surface area contributed by atoms with Gasteiger partial charge in [-0.15, -0.1) is 11.3 Å². The summed E-state index contributed by atoms with van der Waals surface area (Å²) < 4.78 is 17.0. The molecular formula is C23H28N4O3S. The molecule has 4 heterocycles. The van der Waals surface area contributed by atoms with Gasteiger partial charge in [-0.1, -0.05) is 30.3 Å². The Bertz CT molecular complexity index is 1010. The predicted octanol–water partition coefficient (Wildman–Crippen LogP) is 3.76. The molecule has 0 unspecified atom stereocenters. The third kappa shape index (κ3) is 4.73. The van der Waals surface area contributed by atoms with E-state index in [1.54, 1.807) is 11.3 Å². The number of hydrogen-bond acceptors (Lipinski definition) is 8. The number of anilines is 1. The molecule has 2 aliphatic rings. The van der Waals surface area contributed by atoms with Crippen molar-refractivity contribution in [3.8, 4) is 11.1 Å². The molecule has 2 aliphatic heterocycles. The monoisotopic (exact) mass is 440 g/mol. The second-order valence-corrected chi connectivity index (χ2v) is 8.94. The number of ether oxygens (including phenoxy) is 3. The van der Waals surface area contributed by atoms with Crippen LogP contribution in [0.2, 0.25) is 0 Å². The summed E-state index contributed by atoms with van der Waals surface area (Å²) in [4.78, 5) is 13.2. The van der Waals surface area contributed by atoms with E-state index in [1.165, 1.54) is 11.1 Å². The van der Waals surface area contributed by atoms with Crippen LogP contribution in [0.3, 0.4) is 0 Å². The highest BCUT2D eigenvalue weighted by molar-refractivity contribution is 7.17. The van der Waals surface area contributed by atoms with E-state index in [0.29, 0.717) is 19.8 Å². The fourth-order valence-corrected chi connectivity index (χ4v) is 5.05. The van der Waals surface area contributed by atoms with Gasteiger partial charge in [-0.25, -0.2) is 9.97 Å². The van der Waals surface area contributed by atoms with Gasteiger partial charge in [0.2, 0.25) is 0 Å². The average molecular weight is 441 g/mol. The minimum absolute atomic E-state index is 0.521. The van der Waals surface area contributed by atoms with Gasteiger partial charge < -0.3 is 19.5 Å². The maximum Gasteiger partial charge on any atom is 0.167 e. The minimum Gasteiger partial charge on any atom is -0.379 e. The molecule has 2 aromatic heterocycles. The van der Waals surface area contributed by atoms with Gasteiger partial charge in [-0.2, -0.15) is 0 Å². The summed E-state index contributed by atoms with van der Waals surface area (Å²) in [5, 5.41) is 6.83. The van der Waals surface area contributed by atoms with Gasteiger partial charge in [-0.3, -0.25) is 4.90 Å². The van der Waals surface area contributed by atoms with E-state index >= 15 is 0 Å². The molecule has 0 aliphatic carbocycles. The molecular weight excluding hydrogens is 412 g/mol. The summed E-state index contributed by atoms with van der Waals surface area (Å²) in [5.41, 5.74) is 2.34. The maximum absolute atomic E-state index is 5.76. The minimum atomic E-state index is -0.521. The van der Waals surface area contributed by atoms with Crippen molar-refractivity contribution < 1.29 is 14.2 Å². The lowest BCUT2D eigenvalue weighted by Gasteiger charge is -2.26. The first-order valence-corrected chi connectivity index (χ1v) is 11.7. The molecule has 1 N–H and O–H groups in total. The summed E-state index contributed by atoms with van der Waals surface area (Å²) >= 11 is 1.67. The standard InChI is InChI=1S/C23H28N4O3S/c1-23(29-13-14-30-23)7-8-24-21-20-18(17-5-3-2-4-6-17)16-31-22(20)26-19(25-21)15-27-9-11-28-12-10-27/h2-6,16H,7-15H2,1H3,(H,24,25,26). The Morgan fingerprint density at radius 3 is 2.61 bits per heavy atom. The van der Waals surface area contributed by atoms with Crippen molar-refractivity contribution >= 4 is 27.4 Å². The zero-order valence-electron chi connectivity index (χ0n) is 17.8. The van der Waals surface area contributed by atoms with E-state index in [0.717, 1.165) is 61.1 Å². The number of nitrogens with one attached hydrogen (secondary N) is 1. The first-order valence-electron chi connectivity index (χ1n) is 10.9. The zero-order valence-corrected chi connectivity index (χ0v) is 18.6. The fourth-order valence-electron chi connectivity index (χ4n) is 4.08.